The number of ether oxygens (including phenoxy) is 1. The van der Waals surface area contributed by atoms with Crippen LogP contribution in [0.3, 0.4) is 0 Å². The normalized spacial score (nSPS) is 15.3. The minimum Gasteiger partial charge on any atom is -0.378 e. The van der Waals surface area contributed by atoms with Crippen LogP contribution in [0.25, 0.3) is 0 Å². The molecule has 1 amide bonds. The maximum Gasteiger partial charge on any atom is 0.254 e. The summed E-state index contributed by atoms with van der Waals surface area (Å²) in [5.74, 6) is 0.644. The second kappa shape index (κ2) is 8.33. The number of hydrogen-bond acceptors (Lipinski definition) is 2. The number of hydrogen-bond donors (Lipinski definition) is 0. The van der Waals surface area contributed by atoms with E-state index in [2.05, 4.69) is 39.8 Å². The van der Waals surface area contributed by atoms with Crippen molar-refractivity contribution in [3.05, 3.63) is 35.4 Å². The lowest BCUT2D eigenvalue weighted by molar-refractivity contribution is 0.0303. The van der Waals surface area contributed by atoms with Crippen LogP contribution < -0.4 is 0 Å². The molecule has 1 heterocycles. The summed E-state index contributed by atoms with van der Waals surface area (Å²) in [6.07, 6.45) is 0. The van der Waals surface area contributed by atoms with Gasteiger partial charge in [-0.25, -0.2) is 0 Å². The summed E-state index contributed by atoms with van der Waals surface area (Å²) in [7, 11) is 0. The summed E-state index contributed by atoms with van der Waals surface area (Å²) in [5.41, 5.74) is 2.09. The third-order valence-corrected chi connectivity index (χ3v) is 4.60. The molecule has 1 saturated heterocycles. The van der Waals surface area contributed by atoms with Crippen LogP contribution in [0.15, 0.2) is 24.3 Å². The lowest BCUT2D eigenvalue weighted by Gasteiger charge is -2.31. The van der Waals surface area contributed by atoms with Gasteiger partial charge >= 0.3 is 0 Å². The molecule has 3 nitrogen and oxygen atoms in total. The van der Waals surface area contributed by atoms with E-state index in [1.165, 1.54) is 5.56 Å². The van der Waals surface area contributed by atoms with E-state index >= 15 is 0 Å². The zero-order valence-electron chi connectivity index (χ0n) is 15.0. The van der Waals surface area contributed by atoms with Gasteiger partial charge in [0.1, 0.15) is 0 Å². The summed E-state index contributed by atoms with van der Waals surface area (Å²) < 4.78 is 5.30. The summed E-state index contributed by atoms with van der Waals surface area (Å²) in [5, 5.41) is 0. The SMILES string of the molecule is CC.CC(C)C(C)(C)c1cccc(C(=O)N2CCOCC2)c1. The zero-order chi connectivity index (χ0) is 16.8. The predicted octanol–water partition coefficient (Wildman–Crippen LogP) is 4.12. The van der Waals surface area contributed by atoms with Crippen molar-refractivity contribution in [3.63, 3.8) is 0 Å². The van der Waals surface area contributed by atoms with E-state index in [9.17, 15) is 4.79 Å². The third kappa shape index (κ3) is 4.33. The molecule has 0 radical (unpaired) electrons. The van der Waals surface area contributed by atoms with Gasteiger partial charge in [0.2, 0.25) is 0 Å². The van der Waals surface area contributed by atoms with E-state index in [4.69, 9.17) is 4.74 Å². The van der Waals surface area contributed by atoms with E-state index < -0.39 is 0 Å². The van der Waals surface area contributed by atoms with Crippen molar-refractivity contribution in [1.82, 2.24) is 4.90 Å². The van der Waals surface area contributed by atoms with Crippen molar-refractivity contribution in [2.45, 2.75) is 47.0 Å². The van der Waals surface area contributed by atoms with Crippen LogP contribution >= 0.6 is 0 Å². The molecule has 0 aromatic heterocycles. The Balaban J connectivity index is 0.00000116. The summed E-state index contributed by atoms with van der Waals surface area (Å²) in [6.45, 7) is 15.6. The maximum atomic E-state index is 12.5. The topological polar surface area (TPSA) is 29.5 Å². The number of benzene rings is 1. The Kier molecular flexibility index (Phi) is 7.08. The van der Waals surface area contributed by atoms with E-state index in [0.29, 0.717) is 32.2 Å². The van der Waals surface area contributed by atoms with E-state index in [-0.39, 0.29) is 11.3 Å². The fraction of sp³-hybridized carbons (Fsp3) is 0.632. The van der Waals surface area contributed by atoms with E-state index in [1.54, 1.807) is 0 Å². The molecule has 124 valence electrons. The molecular formula is C19H31NO2. The third-order valence-electron chi connectivity index (χ3n) is 4.60. The molecule has 1 aliphatic heterocycles. The van der Waals surface area contributed by atoms with Gasteiger partial charge in [-0.05, 0) is 29.0 Å². The van der Waals surface area contributed by atoms with Crippen molar-refractivity contribution in [3.8, 4) is 0 Å². The number of nitrogens with zero attached hydrogens (tertiary/aromatic N) is 1. The first-order valence-electron chi connectivity index (χ1n) is 8.40. The molecule has 0 atom stereocenters. The van der Waals surface area contributed by atoms with Crippen LogP contribution in [-0.2, 0) is 10.2 Å². The van der Waals surface area contributed by atoms with Crippen molar-refractivity contribution in [2.24, 2.45) is 5.92 Å². The summed E-state index contributed by atoms with van der Waals surface area (Å²) >= 11 is 0. The van der Waals surface area contributed by atoms with Crippen molar-refractivity contribution < 1.29 is 9.53 Å². The van der Waals surface area contributed by atoms with Crippen LogP contribution in [0.2, 0.25) is 0 Å². The van der Waals surface area contributed by atoms with Gasteiger partial charge in [-0.2, -0.15) is 0 Å². The second-order valence-corrected chi connectivity index (χ2v) is 6.36. The van der Waals surface area contributed by atoms with Crippen LogP contribution in [0.1, 0.15) is 57.5 Å². The number of morpholine rings is 1. The van der Waals surface area contributed by atoms with Gasteiger partial charge in [0.15, 0.2) is 0 Å². The first-order chi connectivity index (χ1) is 10.4. The first kappa shape index (κ1) is 18.7. The fourth-order valence-electron chi connectivity index (χ4n) is 2.34. The largest absolute Gasteiger partial charge is 0.378 e. The average molecular weight is 305 g/mol. The zero-order valence-corrected chi connectivity index (χ0v) is 15.0. The van der Waals surface area contributed by atoms with Crippen molar-refractivity contribution >= 4 is 5.91 Å². The Hall–Kier alpha value is -1.35. The predicted molar refractivity (Wildman–Crippen MR) is 92.4 cm³/mol. The molecule has 0 saturated carbocycles. The highest BCUT2D eigenvalue weighted by atomic mass is 16.5. The molecule has 3 heteroatoms. The van der Waals surface area contributed by atoms with Crippen LogP contribution in [0, 0.1) is 5.92 Å². The molecule has 2 rings (SSSR count). The number of rotatable bonds is 3. The molecule has 0 N–H and O–H groups in total. The van der Waals surface area contributed by atoms with Crippen LogP contribution in [-0.4, -0.2) is 37.1 Å². The molecule has 0 bridgehead atoms. The number of carbonyl (C=O) groups is 1. The molecule has 0 unspecified atom stereocenters. The molecule has 1 aromatic carbocycles. The Labute approximate surface area is 135 Å². The standard InChI is InChI=1S/C17H25NO2.C2H6/c1-13(2)17(3,4)15-7-5-6-14(12-15)16(19)18-8-10-20-11-9-18;1-2/h5-7,12-13H,8-11H2,1-4H3;1-2H3. The monoisotopic (exact) mass is 305 g/mol. The van der Waals surface area contributed by atoms with E-state index in [0.717, 1.165) is 5.56 Å². The van der Waals surface area contributed by atoms with Crippen LogP contribution in [0.4, 0.5) is 0 Å². The number of carbonyl (C=O) groups excluding carboxylic acids is 1. The quantitative estimate of drug-likeness (QED) is 0.840. The van der Waals surface area contributed by atoms with Gasteiger partial charge in [-0.3, -0.25) is 4.79 Å². The van der Waals surface area contributed by atoms with Gasteiger partial charge in [0, 0.05) is 18.7 Å². The Morgan fingerprint density at radius 1 is 1.18 bits per heavy atom. The van der Waals surface area contributed by atoms with Gasteiger partial charge < -0.3 is 9.64 Å². The van der Waals surface area contributed by atoms with Gasteiger partial charge in [0.25, 0.3) is 5.91 Å². The lowest BCUT2D eigenvalue weighted by atomic mass is 9.75. The minimum absolute atomic E-state index is 0.0707. The minimum atomic E-state index is 0.0707. The molecular weight excluding hydrogens is 274 g/mol. The smallest absolute Gasteiger partial charge is 0.254 e. The molecule has 1 aliphatic rings. The second-order valence-electron chi connectivity index (χ2n) is 6.36. The highest BCUT2D eigenvalue weighted by Crippen LogP contribution is 2.31. The Bertz CT molecular complexity index is 474. The maximum absolute atomic E-state index is 12.5. The summed E-state index contributed by atoms with van der Waals surface area (Å²) in [4.78, 5) is 14.4. The van der Waals surface area contributed by atoms with Gasteiger partial charge in [-0.15, -0.1) is 0 Å². The van der Waals surface area contributed by atoms with E-state index in [1.807, 2.05) is 30.9 Å². The summed E-state index contributed by atoms with van der Waals surface area (Å²) in [6, 6.07) is 8.08. The van der Waals surface area contributed by atoms with Crippen molar-refractivity contribution in [2.75, 3.05) is 26.3 Å². The molecule has 1 aromatic rings. The van der Waals surface area contributed by atoms with Gasteiger partial charge in [0.05, 0.1) is 13.2 Å². The molecule has 0 spiro atoms. The molecule has 0 aliphatic carbocycles. The number of amides is 1. The lowest BCUT2D eigenvalue weighted by Crippen LogP contribution is -2.40. The highest BCUT2D eigenvalue weighted by Gasteiger charge is 2.26. The van der Waals surface area contributed by atoms with Crippen LogP contribution in [0.5, 0.6) is 0 Å². The highest BCUT2D eigenvalue weighted by molar-refractivity contribution is 5.94. The Morgan fingerprint density at radius 3 is 2.32 bits per heavy atom. The Morgan fingerprint density at radius 2 is 1.77 bits per heavy atom. The fourth-order valence-corrected chi connectivity index (χ4v) is 2.34. The van der Waals surface area contributed by atoms with Crippen molar-refractivity contribution in [1.29, 1.82) is 0 Å². The molecule has 22 heavy (non-hydrogen) atoms. The molecule has 1 fully saturated rings. The average Bonchev–Trinajstić information content (AvgIpc) is 2.56. The van der Waals surface area contributed by atoms with Gasteiger partial charge in [-0.1, -0.05) is 53.7 Å². The first-order valence-corrected chi connectivity index (χ1v) is 8.40.